The number of halogens is 1. The third kappa shape index (κ3) is 2.95. The van der Waals surface area contributed by atoms with Crippen molar-refractivity contribution in [2.75, 3.05) is 6.61 Å². The average Bonchev–Trinajstić information content (AvgIpc) is 2.55. The number of aromatic nitrogens is 1. The lowest BCUT2D eigenvalue weighted by molar-refractivity contribution is 0.285. The van der Waals surface area contributed by atoms with E-state index in [2.05, 4.69) is 0 Å². The van der Waals surface area contributed by atoms with Crippen molar-refractivity contribution in [3.8, 4) is 5.75 Å². The van der Waals surface area contributed by atoms with Crippen LogP contribution < -0.4 is 16.1 Å². The van der Waals surface area contributed by atoms with Gasteiger partial charge in [0.1, 0.15) is 12.4 Å². The van der Waals surface area contributed by atoms with E-state index < -0.39 is 11.4 Å². The van der Waals surface area contributed by atoms with Gasteiger partial charge in [-0.3, -0.25) is 4.57 Å². The van der Waals surface area contributed by atoms with E-state index in [0.717, 1.165) is 16.9 Å². The molecule has 0 saturated carbocycles. The van der Waals surface area contributed by atoms with E-state index in [0.29, 0.717) is 10.5 Å². The number of hydrogen-bond acceptors (Lipinski definition) is 4. The SMILES string of the molecule is Cc1cccc(OCCn2c(=O)oc(=O)c3cccc(Cl)c32)c1C. The summed E-state index contributed by atoms with van der Waals surface area (Å²) in [6.07, 6.45) is 0. The van der Waals surface area contributed by atoms with Crippen molar-refractivity contribution in [2.24, 2.45) is 0 Å². The quantitative estimate of drug-likeness (QED) is 0.728. The zero-order valence-corrected chi connectivity index (χ0v) is 14.1. The smallest absolute Gasteiger partial charge is 0.422 e. The molecule has 0 amide bonds. The number of benzene rings is 2. The van der Waals surface area contributed by atoms with Gasteiger partial charge >= 0.3 is 11.4 Å². The van der Waals surface area contributed by atoms with Crippen LogP contribution in [0.3, 0.4) is 0 Å². The number of rotatable bonds is 4. The molecule has 0 saturated heterocycles. The van der Waals surface area contributed by atoms with E-state index in [1.165, 1.54) is 4.57 Å². The predicted molar refractivity (Wildman–Crippen MR) is 93.2 cm³/mol. The van der Waals surface area contributed by atoms with Crippen LogP contribution in [0.15, 0.2) is 50.4 Å². The van der Waals surface area contributed by atoms with Gasteiger partial charge in [0.15, 0.2) is 0 Å². The molecule has 0 atom stereocenters. The van der Waals surface area contributed by atoms with Crippen molar-refractivity contribution in [3.05, 3.63) is 73.5 Å². The largest absolute Gasteiger partial charge is 0.491 e. The van der Waals surface area contributed by atoms with Crippen molar-refractivity contribution < 1.29 is 9.15 Å². The van der Waals surface area contributed by atoms with E-state index in [1.54, 1.807) is 18.2 Å². The molecular formula is C18H16ClNO4. The molecule has 2 aromatic carbocycles. The van der Waals surface area contributed by atoms with Gasteiger partial charge in [0.05, 0.1) is 22.5 Å². The maximum absolute atomic E-state index is 12.1. The van der Waals surface area contributed by atoms with E-state index in [9.17, 15) is 9.59 Å². The summed E-state index contributed by atoms with van der Waals surface area (Å²) >= 11 is 6.17. The molecule has 0 bridgehead atoms. The summed E-state index contributed by atoms with van der Waals surface area (Å²) in [5.41, 5.74) is 1.85. The highest BCUT2D eigenvalue weighted by Gasteiger charge is 2.12. The Balaban J connectivity index is 1.92. The summed E-state index contributed by atoms with van der Waals surface area (Å²) in [6, 6.07) is 10.6. The van der Waals surface area contributed by atoms with Gasteiger partial charge in [0.25, 0.3) is 0 Å². The van der Waals surface area contributed by atoms with Crippen LogP contribution in [0.4, 0.5) is 0 Å². The van der Waals surface area contributed by atoms with Crippen LogP contribution in [-0.2, 0) is 6.54 Å². The Morgan fingerprint density at radius 3 is 2.67 bits per heavy atom. The molecule has 0 fully saturated rings. The minimum atomic E-state index is -0.745. The Morgan fingerprint density at radius 1 is 1.12 bits per heavy atom. The summed E-state index contributed by atoms with van der Waals surface area (Å²) in [4.78, 5) is 23.9. The fraction of sp³-hybridized carbons (Fsp3) is 0.222. The van der Waals surface area contributed by atoms with Crippen LogP contribution in [0.5, 0.6) is 5.75 Å². The first-order chi connectivity index (χ1) is 11.5. The molecule has 0 radical (unpaired) electrons. The Labute approximate surface area is 143 Å². The summed E-state index contributed by atoms with van der Waals surface area (Å²) in [5, 5.41) is 0.595. The molecule has 6 heteroatoms. The number of fused-ring (bicyclic) bond motifs is 1. The first-order valence-electron chi connectivity index (χ1n) is 7.50. The molecule has 3 aromatic rings. The van der Waals surface area contributed by atoms with Crippen molar-refractivity contribution in [2.45, 2.75) is 20.4 Å². The van der Waals surface area contributed by atoms with Gasteiger partial charge in [-0.25, -0.2) is 9.59 Å². The molecule has 1 aromatic heterocycles. The highest BCUT2D eigenvalue weighted by Crippen LogP contribution is 2.22. The van der Waals surface area contributed by atoms with Crippen LogP contribution in [0.2, 0.25) is 5.02 Å². The summed E-state index contributed by atoms with van der Waals surface area (Å²) in [6.45, 7) is 4.45. The molecule has 24 heavy (non-hydrogen) atoms. The Bertz CT molecular complexity index is 1020. The zero-order chi connectivity index (χ0) is 17.3. The number of ether oxygens (including phenoxy) is 1. The van der Waals surface area contributed by atoms with E-state index in [-0.39, 0.29) is 18.5 Å². The lowest BCUT2D eigenvalue weighted by atomic mass is 10.1. The normalized spacial score (nSPS) is 11.0. The topological polar surface area (TPSA) is 61.4 Å². The third-order valence-corrected chi connectivity index (χ3v) is 4.31. The van der Waals surface area contributed by atoms with E-state index in [4.69, 9.17) is 20.8 Å². The molecule has 0 aliphatic carbocycles. The van der Waals surface area contributed by atoms with Crippen molar-refractivity contribution >= 4 is 22.5 Å². The average molecular weight is 346 g/mol. The fourth-order valence-electron chi connectivity index (χ4n) is 2.57. The van der Waals surface area contributed by atoms with Gasteiger partial charge in [-0.15, -0.1) is 0 Å². The van der Waals surface area contributed by atoms with Crippen molar-refractivity contribution in [1.29, 1.82) is 0 Å². The second-order valence-electron chi connectivity index (χ2n) is 5.49. The molecule has 3 rings (SSSR count). The maximum atomic E-state index is 12.1. The molecule has 1 heterocycles. The number of nitrogens with zero attached hydrogens (tertiary/aromatic N) is 1. The molecule has 124 valence electrons. The van der Waals surface area contributed by atoms with Gasteiger partial charge in [0, 0.05) is 0 Å². The second-order valence-corrected chi connectivity index (χ2v) is 5.90. The summed E-state index contributed by atoms with van der Waals surface area (Å²) < 4.78 is 11.9. The van der Waals surface area contributed by atoms with Crippen LogP contribution in [0.25, 0.3) is 10.9 Å². The zero-order valence-electron chi connectivity index (χ0n) is 13.3. The van der Waals surface area contributed by atoms with Crippen molar-refractivity contribution in [1.82, 2.24) is 4.57 Å². The fourth-order valence-corrected chi connectivity index (χ4v) is 2.84. The molecule has 0 unspecified atom stereocenters. The number of hydrogen-bond donors (Lipinski definition) is 0. The standard InChI is InChI=1S/C18H16ClNO4/c1-11-5-3-8-15(12(11)2)23-10-9-20-16-13(6-4-7-14(16)19)17(21)24-18(20)22/h3-8H,9-10H2,1-2H3. The highest BCUT2D eigenvalue weighted by molar-refractivity contribution is 6.35. The first kappa shape index (κ1) is 16.3. The van der Waals surface area contributed by atoms with Gasteiger partial charge in [0.2, 0.25) is 0 Å². The van der Waals surface area contributed by atoms with Gasteiger partial charge < -0.3 is 9.15 Å². The first-order valence-corrected chi connectivity index (χ1v) is 7.88. The lowest BCUT2D eigenvalue weighted by Gasteiger charge is -2.13. The summed E-state index contributed by atoms with van der Waals surface area (Å²) in [5.74, 6) is 0.0148. The van der Waals surface area contributed by atoms with Crippen LogP contribution >= 0.6 is 11.6 Å². The molecule has 0 aliphatic rings. The molecule has 0 spiro atoms. The molecular weight excluding hydrogens is 330 g/mol. The maximum Gasteiger partial charge on any atom is 0.422 e. The number of aryl methyl sites for hydroxylation is 1. The van der Waals surface area contributed by atoms with Gasteiger partial charge in [-0.2, -0.15) is 0 Å². The van der Waals surface area contributed by atoms with Crippen LogP contribution in [-0.4, -0.2) is 11.2 Å². The minimum Gasteiger partial charge on any atom is -0.491 e. The lowest BCUT2D eigenvalue weighted by Crippen LogP contribution is -2.27. The van der Waals surface area contributed by atoms with Crippen molar-refractivity contribution in [3.63, 3.8) is 0 Å². The van der Waals surface area contributed by atoms with Gasteiger partial charge in [-0.05, 0) is 43.2 Å². The molecule has 0 aliphatic heterocycles. The second kappa shape index (κ2) is 6.53. The Hall–Kier alpha value is -2.53. The monoisotopic (exact) mass is 345 g/mol. The Morgan fingerprint density at radius 2 is 1.88 bits per heavy atom. The Kier molecular flexibility index (Phi) is 4.44. The summed E-state index contributed by atoms with van der Waals surface area (Å²) in [7, 11) is 0. The third-order valence-electron chi connectivity index (χ3n) is 4.00. The van der Waals surface area contributed by atoms with Gasteiger partial charge in [-0.1, -0.05) is 29.8 Å². The van der Waals surface area contributed by atoms with E-state index >= 15 is 0 Å². The van der Waals surface area contributed by atoms with Crippen LogP contribution in [0.1, 0.15) is 11.1 Å². The highest BCUT2D eigenvalue weighted by atomic mass is 35.5. The molecule has 5 nitrogen and oxygen atoms in total. The van der Waals surface area contributed by atoms with Crippen LogP contribution in [0, 0.1) is 13.8 Å². The predicted octanol–water partition coefficient (Wildman–Crippen LogP) is 3.30. The minimum absolute atomic E-state index is 0.218. The number of para-hydroxylation sites is 1. The van der Waals surface area contributed by atoms with E-state index in [1.807, 2.05) is 32.0 Å². The molecule has 0 N–H and O–H groups in total.